The van der Waals surface area contributed by atoms with Crippen LogP contribution in [0, 0.1) is 12.7 Å². The third-order valence-electron chi connectivity index (χ3n) is 3.82. The molecule has 138 valence electrons. The second-order valence-electron chi connectivity index (χ2n) is 6.13. The monoisotopic (exact) mass is 357 g/mol. The van der Waals surface area contributed by atoms with Crippen molar-refractivity contribution in [3.05, 3.63) is 59.9 Å². The zero-order valence-electron chi connectivity index (χ0n) is 15.1. The first-order chi connectivity index (χ1) is 12.5. The van der Waals surface area contributed by atoms with Gasteiger partial charge in [-0.15, -0.1) is 0 Å². The third kappa shape index (κ3) is 6.29. The van der Waals surface area contributed by atoms with Gasteiger partial charge in [-0.2, -0.15) is 0 Å². The van der Waals surface area contributed by atoms with E-state index >= 15 is 0 Å². The summed E-state index contributed by atoms with van der Waals surface area (Å²) < 4.78 is 12.9. The molecule has 2 amide bonds. The molecule has 0 radical (unpaired) electrons. The normalized spacial score (nSPS) is 10.6. The number of hydrogen-bond acceptors (Lipinski definition) is 3. The minimum absolute atomic E-state index is 0.0897. The van der Waals surface area contributed by atoms with Crippen LogP contribution in [0.25, 0.3) is 0 Å². The number of carbonyl (C=O) groups excluding carboxylic acids is 2. The van der Waals surface area contributed by atoms with Gasteiger partial charge in [-0.3, -0.25) is 14.5 Å². The van der Waals surface area contributed by atoms with Crippen molar-refractivity contribution >= 4 is 23.2 Å². The number of rotatable bonds is 8. The molecular weight excluding hydrogens is 333 g/mol. The van der Waals surface area contributed by atoms with Crippen molar-refractivity contribution in [2.75, 3.05) is 30.3 Å². The molecule has 2 N–H and O–H groups in total. The molecule has 0 bridgehead atoms. The summed E-state index contributed by atoms with van der Waals surface area (Å²) in [6.45, 7) is 4.75. The number of nitrogens with one attached hydrogen (secondary N) is 2. The van der Waals surface area contributed by atoms with E-state index in [2.05, 4.69) is 10.6 Å². The van der Waals surface area contributed by atoms with Gasteiger partial charge in [0, 0.05) is 11.4 Å². The SMILES string of the molecule is CCCN(CC(=O)Nc1ccc(F)cc1)CC(=O)Nc1ccccc1C. The van der Waals surface area contributed by atoms with Crippen LogP contribution in [-0.2, 0) is 9.59 Å². The molecule has 2 aromatic rings. The van der Waals surface area contributed by atoms with E-state index in [0.717, 1.165) is 17.7 Å². The number of para-hydroxylation sites is 1. The first-order valence-electron chi connectivity index (χ1n) is 8.61. The maximum atomic E-state index is 12.9. The van der Waals surface area contributed by atoms with Crippen LogP contribution in [-0.4, -0.2) is 36.3 Å². The Morgan fingerprint density at radius 2 is 1.58 bits per heavy atom. The highest BCUT2D eigenvalue weighted by Gasteiger charge is 2.15. The van der Waals surface area contributed by atoms with E-state index in [1.165, 1.54) is 24.3 Å². The molecule has 0 aliphatic rings. The molecule has 0 saturated heterocycles. The van der Waals surface area contributed by atoms with Gasteiger partial charge in [0.1, 0.15) is 5.82 Å². The van der Waals surface area contributed by atoms with Crippen molar-refractivity contribution in [2.24, 2.45) is 0 Å². The molecule has 0 fully saturated rings. The molecule has 0 unspecified atom stereocenters. The number of hydrogen-bond donors (Lipinski definition) is 2. The summed E-state index contributed by atoms with van der Waals surface area (Å²) in [6.07, 6.45) is 0.821. The summed E-state index contributed by atoms with van der Waals surface area (Å²) >= 11 is 0. The quantitative estimate of drug-likeness (QED) is 0.761. The minimum atomic E-state index is -0.358. The fourth-order valence-electron chi connectivity index (χ4n) is 2.57. The molecule has 6 heteroatoms. The zero-order valence-corrected chi connectivity index (χ0v) is 15.1. The molecule has 26 heavy (non-hydrogen) atoms. The Labute approximate surface area is 153 Å². The number of nitrogens with zero attached hydrogens (tertiary/aromatic N) is 1. The summed E-state index contributed by atoms with van der Waals surface area (Å²) in [4.78, 5) is 26.3. The molecule has 0 saturated carbocycles. The summed E-state index contributed by atoms with van der Waals surface area (Å²) in [6, 6.07) is 13.1. The highest BCUT2D eigenvalue weighted by atomic mass is 19.1. The second kappa shape index (κ2) is 9.68. The largest absolute Gasteiger partial charge is 0.325 e. The Kier molecular flexibility index (Phi) is 7.29. The van der Waals surface area contributed by atoms with E-state index in [-0.39, 0.29) is 30.7 Å². The van der Waals surface area contributed by atoms with Crippen molar-refractivity contribution in [3.63, 3.8) is 0 Å². The molecule has 0 aliphatic carbocycles. The molecule has 0 spiro atoms. The number of amides is 2. The van der Waals surface area contributed by atoms with E-state index in [9.17, 15) is 14.0 Å². The Morgan fingerprint density at radius 1 is 0.962 bits per heavy atom. The van der Waals surface area contributed by atoms with E-state index in [4.69, 9.17) is 0 Å². The van der Waals surface area contributed by atoms with Crippen LogP contribution >= 0.6 is 0 Å². The lowest BCUT2D eigenvalue weighted by Crippen LogP contribution is -2.39. The molecule has 2 rings (SSSR count). The van der Waals surface area contributed by atoms with Gasteiger partial charge in [-0.05, 0) is 55.8 Å². The van der Waals surface area contributed by atoms with Crippen LogP contribution in [0.3, 0.4) is 0 Å². The molecule has 0 heterocycles. The first-order valence-corrected chi connectivity index (χ1v) is 8.61. The lowest BCUT2D eigenvalue weighted by Gasteiger charge is -2.21. The van der Waals surface area contributed by atoms with Crippen LogP contribution in [0.1, 0.15) is 18.9 Å². The van der Waals surface area contributed by atoms with Gasteiger partial charge < -0.3 is 10.6 Å². The molecule has 5 nitrogen and oxygen atoms in total. The average Bonchev–Trinajstić information content (AvgIpc) is 2.59. The van der Waals surface area contributed by atoms with Crippen LogP contribution in [0.5, 0.6) is 0 Å². The third-order valence-corrected chi connectivity index (χ3v) is 3.82. The van der Waals surface area contributed by atoms with Gasteiger partial charge in [0.25, 0.3) is 0 Å². The van der Waals surface area contributed by atoms with Crippen LogP contribution in [0.15, 0.2) is 48.5 Å². The summed E-state index contributed by atoms with van der Waals surface area (Å²) in [5.41, 5.74) is 2.28. The van der Waals surface area contributed by atoms with Crippen molar-refractivity contribution in [1.29, 1.82) is 0 Å². The molecule has 0 atom stereocenters. The number of carbonyl (C=O) groups is 2. The Bertz CT molecular complexity index is 747. The predicted molar refractivity (Wildman–Crippen MR) is 102 cm³/mol. The van der Waals surface area contributed by atoms with E-state index in [1.807, 2.05) is 38.1 Å². The molecule has 0 aromatic heterocycles. The standard InChI is InChI=1S/C20H24FN3O2/c1-3-12-24(13-19(25)22-17-10-8-16(21)9-11-17)14-20(26)23-18-7-5-4-6-15(18)2/h4-11H,3,12-14H2,1-2H3,(H,22,25)(H,23,26). The number of aryl methyl sites for hydroxylation is 1. The van der Waals surface area contributed by atoms with Gasteiger partial charge in [0.2, 0.25) is 11.8 Å². The minimum Gasteiger partial charge on any atom is -0.325 e. The fraction of sp³-hybridized carbons (Fsp3) is 0.300. The van der Waals surface area contributed by atoms with Crippen molar-refractivity contribution in [1.82, 2.24) is 4.90 Å². The number of halogens is 1. The van der Waals surface area contributed by atoms with Crippen LogP contribution < -0.4 is 10.6 Å². The van der Waals surface area contributed by atoms with E-state index in [0.29, 0.717) is 12.2 Å². The Balaban J connectivity index is 1.90. The van der Waals surface area contributed by atoms with Crippen LogP contribution in [0.4, 0.5) is 15.8 Å². The van der Waals surface area contributed by atoms with Gasteiger partial charge in [-0.1, -0.05) is 25.1 Å². The van der Waals surface area contributed by atoms with Crippen molar-refractivity contribution < 1.29 is 14.0 Å². The van der Waals surface area contributed by atoms with Gasteiger partial charge in [0.05, 0.1) is 13.1 Å². The predicted octanol–water partition coefficient (Wildman–Crippen LogP) is 3.42. The lowest BCUT2D eigenvalue weighted by molar-refractivity contribution is -0.120. The Morgan fingerprint density at radius 3 is 2.19 bits per heavy atom. The van der Waals surface area contributed by atoms with Gasteiger partial charge in [-0.25, -0.2) is 4.39 Å². The van der Waals surface area contributed by atoms with E-state index < -0.39 is 0 Å². The van der Waals surface area contributed by atoms with E-state index in [1.54, 1.807) is 4.90 Å². The first kappa shape index (κ1) is 19.6. The zero-order chi connectivity index (χ0) is 18.9. The number of anilines is 2. The summed E-state index contributed by atoms with van der Waals surface area (Å²) in [7, 11) is 0. The summed E-state index contributed by atoms with van der Waals surface area (Å²) in [5, 5.41) is 5.59. The second-order valence-corrected chi connectivity index (χ2v) is 6.13. The molecule has 2 aromatic carbocycles. The maximum Gasteiger partial charge on any atom is 0.238 e. The average molecular weight is 357 g/mol. The van der Waals surface area contributed by atoms with Gasteiger partial charge in [0.15, 0.2) is 0 Å². The Hall–Kier alpha value is -2.73. The number of benzene rings is 2. The van der Waals surface area contributed by atoms with Gasteiger partial charge >= 0.3 is 0 Å². The highest BCUT2D eigenvalue weighted by molar-refractivity contribution is 5.95. The van der Waals surface area contributed by atoms with Crippen LogP contribution in [0.2, 0.25) is 0 Å². The van der Waals surface area contributed by atoms with Crippen molar-refractivity contribution in [2.45, 2.75) is 20.3 Å². The molecule has 0 aliphatic heterocycles. The maximum absolute atomic E-state index is 12.9. The van der Waals surface area contributed by atoms with Crippen molar-refractivity contribution in [3.8, 4) is 0 Å². The smallest absolute Gasteiger partial charge is 0.238 e. The summed E-state index contributed by atoms with van der Waals surface area (Å²) in [5.74, 6) is -0.764. The fourth-order valence-corrected chi connectivity index (χ4v) is 2.57. The topological polar surface area (TPSA) is 61.4 Å². The lowest BCUT2D eigenvalue weighted by atomic mass is 10.2. The molecular formula is C20H24FN3O2. The highest BCUT2D eigenvalue weighted by Crippen LogP contribution is 2.13.